The molecular weight excluding hydrogens is 419 g/mol. The monoisotopic (exact) mass is 432 g/mol. The predicted octanol–water partition coefficient (Wildman–Crippen LogP) is 4.57. The molecule has 0 aliphatic rings. The van der Waals surface area contributed by atoms with Gasteiger partial charge in [-0.05, 0) is 37.3 Å². The van der Waals surface area contributed by atoms with Gasteiger partial charge < -0.3 is 10.1 Å². The number of thiazole rings is 1. The van der Waals surface area contributed by atoms with Gasteiger partial charge >= 0.3 is 12.8 Å². The maximum absolute atomic E-state index is 12.7. The first-order chi connectivity index (χ1) is 13.6. The number of benzene rings is 1. The molecule has 12 heteroatoms. The van der Waals surface area contributed by atoms with Crippen LogP contribution in [-0.2, 0) is 17.5 Å². The van der Waals surface area contributed by atoms with E-state index in [-0.39, 0.29) is 16.6 Å². The lowest BCUT2D eigenvalue weighted by Gasteiger charge is -2.05. The van der Waals surface area contributed by atoms with Gasteiger partial charge in [0.05, 0.1) is 5.69 Å². The Balaban J connectivity index is 1.64. The molecule has 0 bridgehead atoms. The number of aryl methyl sites for hydroxylation is 1. The number of nitrogens with one attached hydrogen (secondary N) is 1. The molecule has 1 N–H and O–H groups in total. The number of hydrogen-bond donors (Lipinski definition) is 1. The average Bonchev–Trinajstić information content (AvgIpc) is 3.22. The third kappa shape index (κ3) is 5.28. The van der Waals surface area contributed by atoms with E-state index in [1.54, 1.807) is 5.38 Å². The SMILES string of the molecule is Cc1cc(C(F)(F)F)nn1CC(=O)Nc1nc(-c2ccc(OC(F)F)cc2)cs1. The van der Waals surface area contributed by atoms with E-state index in [2.05, 4.69) is 20.1 Å². The van der Waals surface area contributed by atoms with Crippen LogP contribution < -0.4 is 10.1 Å². The van der Waals surface area contributed by atoms with Crippen LogP contribution in [0.25, 0.3) is 11.3 Å². The van der Waals surface area contributed by atoms with Gasteiger partial charge in [-0.3, -0.25) is 9.48 Å². The molecular formula is C17H13F5N4O2S. The summed E-state index contributed by atoms with van der Waals surface area (Å²) in [6, 6.07) is 6.64. The Hall–Kier alpha value is -3.02. The number of alkyl halides is 5. The minimum atomic E-state index is -4.59. The van der Waals surface area contributed by atoms with Crippen molar-refractivity contribution in [2.45, 2.75) is 26.3 Å². The average molecular weight is 432 g/mol. The van der Waals surface area contributed by atoms with E-state index in [1.165, 1.54) is 31.2 Å². The van der Waals surface area contributed by atoms with Gasteiger partial charge in [-0.2, -0.15) is 27.1 Å². The molecule has 0 radical (unpaired) electrons. The molecule has 3 aromatic rings. The molecule has 2 aromatic heterocycles. The molecule has 0 aliphatic carbocycles. The van der Waals surface area contributed by atoms with E-state index in [1.807, 2.05) is 0 Å². The lowest BCUT2D eigenvalue weighted by atomic mass is 10.2. The second-order valence-electron chi connectivity index (χ2n) is 5.82. The summed E-state index contributed by atoms with van der Waals surface area (Å²) < 4.78 is 67.6. The fourth-order valence-corrected chi connectivity index (χ4v) is 3.11. The van der Waals surface area contributed by atoms with E-state index in [0.717, 1.165) is 22.1 Å². The van der Waals surface area contributed by atoms with Crippen LogP contribution in [0.1, 0.15) is 11.4 Å². The van der Waals surface area contributed by atoms with Crippen molar-refractivity contribution >= 4 is 22.4 Å². The van der Waals surface area contributed by atoms with Crippen molar-refractivity contribution in [3.05, 3.63) is 47.1 Å². The zero-order valence-electron chi connectivity index (χ0n) is 14.7. The molecule has 1 amide bonds. The Morgan fingerprint density at radius 3 is 2.55 bits per heavy atom. The summed E-state index contributed by atoms with van der Waals surface area (Å²) in [5, 5.41) is 7.76. The topological polar surface area (TPSA) is 69.0 Å². The molecule has 0 saturated carbocycles. The predicted molar refractivity (Wildman–Crippen MR) is 94.8 cm³/mol. The van der Waals surface area contributed by atoms with Crippen LogP contribution in [-0.4, -0.2) is 27.3 Å². The van der Waals surface area contributed by atoms with Gasteiger partial charge in [-0.25, -0.2) is 4.98 Å². The highest BCUT2D eigenvalue weighted by molar-refractivity contribution is 7.14. The fraction of sp³-hybridized carbons (Fsp3) is 0.235. The molecule has 0 atom stereocenters. The third-order valence-corrected chi connectivity index (χ3v) is 4.45. The number of anilines is 1. The largest absolute Gasteiger partial charge is 0.435 e. The maximum Gasteiger partial charge on any atom is 0.435 e. The van der Waals surface area contributed by atoms with Crippen molar-refractivity contribution in [2.75, 3.05) is 5.32 Å². The molecule has 1 aromatic carbocycles. The first-order valence-corrected chi connectivity index (χ1v) is 8.92. The van der Waals surface area contributed by atoms with Crippen LogP contribution in [0.5, 0.6) is 5.75 Å². The van der Waals surface area contributed by atoms with Crippen molar-refractivity contribution in [3.63, 3.8) is 0 Å². The Morgan fingerprint density at radius 1 is 1.28 bits per heavy atom. The Labute approximate surface area is 164 Å². The fourth-order valence-electron chi connectivity index (χ4n) is 2.37. The number of amides is 1. The lowest BCUT2D eigenvalue weighted by molar-refractivity contribution is -0.141. The highest BCUT2D eigenvalue weighted by Crippen LogP contribution is 2.29. The Morgan fingerprint density at radius 2 is 1.97 bits per heavy atom. The number of aromatic nitrogens is 3. The molecule has 154 valence electrons. The zero-order valence-corrected chi connectivity index (χ0v) is 15.5. The van der Waals surface area contributed by atoms with Crippen molar-refractivity contribution < 1.29 is 31.5 Å². The standard InChI is InChI=1S/C17H13F5N4O2S/c1-9-6-13(17(20,21)22)25-26(9)7-14(27)24-16-23-12(8-29-16)10-2-4-11(5-3-10)28-15(18)19/h2-6,8,15H,7H2,1H3,(H,23,24,27). The molecule has 2 heterocycles. The third-order valence-electron chi connectivity index (χ3n) is 3.69. The number of halogens is 5. The van der Waals surface area contributed by atoms with Gasteiger partial charge in [-0.15, -0.1) is 11.3 Å². The summed E-state index contributed by atoms with van der Waals surface area (Å²) in [7, 11) is 0. The van der Waals surface area contributed by atoms with Gasteiger partial charge in [0.1, 0.15) is 12.3 Å². The van der Waals surface area contributed by atoms with E-state index in [0.29, 0.717) is 11.3 Å². The molecule has 0 aliphatic heterocycles. The number of nitrogens with zero attached hydrogens (tertiary/aromatic N) is 3. The van der Waals surface area contributed by atoms with Crippen LogP contribution >= 0.6 is 11.3 Å². The number of carbonyl (C=O) groups is 1. The van der Waals surface area contributed by atoms with Crippen molar-refractivity contribution in [1.29, 1.82) is 0 Å². The van der Waals surface area contributed by atoms with Crippen molar-refractivity contribution in [3.8, 4) is 17.0 Å². The molecule has 0 unspecified atom stereocenters. The molecule has 3 rings (SSSR count). The maximum atomic E-state index is 12.7. The van der Waals surface area contributed by atoms with Gasteiger partial charge in [0.2, 0.25) is 5.91 Å². The summed E-state index contributed by atoms with van der Waals surface area (Å²) in [4.78, 5) is 16.3. The second-order valence-corrected chi connectivity index (χ2v) is 6.67. The van der Waals surface area contributed by atoms with E-state index < -0.39 is 30.9 Å². The first-order valence-electron chi connectivity index (χ1n) is 8.04. The summed E-state index contributed by atoms with van der Waals surface area (Å²) >= 11 is 1.11. The quantitative estimate of drug-likeness (QED) is 0.580. The smallest absolute Gasteiger partial charge is 0.435 e. The number of carbonyl (C=O) groups excluding carboxylic acids is 1. The Bertz CT molecular complexity index is 998. The molecule has 6 nitrogen and oxygen atoms in total. The molecule has 29 heavy (non-hydrogen) atoms. The summed E-state index contributed by atoms with van der Waals surface area (Å²) in [5.41, 5.74) is 0.224. The number of ether oxygens (including phenoxy) is 1. The van der Waals surface area contributed by atoms with Gasteiger partial charge in [0, 0.05) is 16.6 Å². The van der Waals surface area contributed by atoms with Crippen LogP contribution in [0.3, 0.4) is 0 Å². The lowest BCUT2D eigenvalue weighted by Crippen LogP contribution is -2.20. The van der Waals surface area contributed by atoms with E-state index >= 15 is 0 Å². The highest BCUT2D eigenvalue weighted by atomic mass is 32.1. The first kappa shape index (κ1) is 20.7. The second kappa shape index (κ2) is 8.15. The summed E-state index contributed by atoms with van der Waals surface area (Å²) in [5.74, 6) is -0.591. The van der Waals surface area contributed by atoms with Gasteiger partial charge in [0.15, 0.2) is 10.8 Å². The normalized spacial score (nSPS) is 11.7. The molecule has 0 fully saturated rings. The minimum Gasteiger partial charge on any atom is -0.435 e. The van der Waals surface area contributed by atoms with Crippen molar-refractivity contribution in [2.24, 2.45) is 0 Å². The highest BCUT2D eigenvalue weighted by Gasteiger charge is 2.34. The summed E-state index contributed by atoms with van der Waals surface area (Å²) in [6.45, 7) is -1.91. The number of hydrogen-bond acceptors (Lipinski definition) is 5. The van der Waals surface area contributed by atoms with Gasteiger partial charge in [-0.1, -0.05) is 0 Å². The summed E-state index contributed by atoms with van der Waals surface area (Å²) in [6.07, 6.45) is -4.59. The molecule has 0 spiro atoms. The van der Waals surface area contributed by atoms with Crippen molar-refractivity contribution in [1.82, 2.24) is 14.8 Å². The minimum absolute atomic E-state index is 0.000300. The van der Waals surface area contributed by atoms with Crippen LogP contribution in [0.2, 0.25) is 0 Å². The van der Waals surface area contributed by atoms with Crippen LogP contribution in [0.4, 0.5) is 27.1 Å². The van der Waals surface area contributed by atoms with Gasteiger partial charge in [0.25, 0.3) is 0 Å². The Kier molecular flexibility index (Phi) is 5.82. The zero-order chi connectivity index (χ0) is 21.2. The van der Waals surface area contributed by atoms with E-state index in [4.69, 9.17) is 0 Å². The van der Waals surface area contributed by atoms with Crippen LogP contribution in [0, 0.1) is 6.92 Å². The van der Waals surface area contributed by atoms with Crippen LogP contribution in [0.15, 0.2) is 35.7 Å². The molecule has 0 saturated heterocycles. The van der Waals surface area contributed by atoms with E-state index in [9.17, 15) is 26.7 Å². The number of rotatable bonds is 6.